The van der Waals surface area contributed by atoms with Gasteiger partial charge in [-0.3, -0.25) is 4.79 Å². The number of hydrogen-bond donors (Lipinski definition) is 0. The number of carbonyl (C=O) groups excluding carboxylic acids is 1. The standard InChI is InChI=1S/C24H22F3NO4/c1-2-30-23(29)17-28-14-13-19-9-12-21(16-22(19)28)31-15-5-3-4-6-18-7-10-20(11-8-18)32-24(25,26)27/h7-14,16H,2-3,5,15,17H2,1H3. The van der Waals surface area contributed by atoms with E-state index in [-0.39, 0.29) is 18.3 Å². The van der Waals surface area contributed by atoms with Gasteiger partial charge in [0.1, 0.15) is 18.0 Å². The zero-order valence-corrected chi connectivity index (χ0v) is 17.4. The van der Waals surface area contributed by atoms with Crippen molar-refractivity contribution in [3.05, 3.63) is 60.3 Å². The van der Waals surface area contributed by atoms with Crippen LogP contribution in [0.3, 0.4) is 0 Å². The molecule has 3 rings (SSSR count). The lowest BCUT2D eigenvalue weighted by molar-refractivity contribution is -0.274. The van der Waals surface area contributed by atoms with Crippen molar-refractivity contribution >= 4 is 16.9 Å². The van der Waals surface area contributed by atoms with Gasteiger partial charge in [-0.15, -0.1) is 13.2 Å². The summed E-state index contributed by atoms with van der Waals surface area (Å²) in [5.74, 6) is 6.00. The second-order valence-corrected chi connectivity index (χ2v) is 6.80. The van der Waals surface area contributed by atoms with Crippen LogP contribution in [0.2, 0.25) is 0 Å². The number of aromatic nitrogens is 1. The summed E-state index contributed by atoms with van der Waals surface area (Å²) in [5.41, 5.74) is 1.49. The summed E-state index contributed by atoms with van der Waals surface area (Å²) < 4.78 is 52.9. The predicted octanol–water partition coefficient (Wildman–Crippen LogP) is 5.31. The van der Waals surface area contributed by atoms with E-state index in [0.717, 1.165) is 10.9 Å². The number of benzene rings is 2. The summed E-state index contributed by atoms with van der Waals surface area (Å²) in [6.07, 6.45) is -1.61. The maximum atomic E-state index is 12.2. The third kappa shape index (κ3) is 6.98. The molecule has 1 aromatic heterocycles. The maximum absolute atomic E-state index is 12.2. The third-order valence-electron chi connectivity index (χ3n) is 4.39. The number of hydrogen-bond acceptors (Lipinski definition) is 4. The van der Waals surface area contributed by atoms with Gasteiger partial charge < -0.3 is 18.8 Å². The fraction of sp³-hybridized carbons (Fsp3) is 0.292. The van der Waals surface area contributed by atoms with Gasteiger partial charge in [-0.1, -0.05) is 11.8 Å². The highest BCUT2D eigenvalue weighted by Gasteiger charge is 2.30. The molecule has 1 heterocycles. The summed E-state index contributed by atoms with van der Waals surface area (Å²) in [5, 5.41) is 0.999. The number of fused-ring (bicyclic) bond motifs is 1. The van der Waals surface area contributed by atoms with E-state index in [9.17, 15) is 18.0 Å². The molecule has 0 N–H and O–H groups in total. The smallest absolute Gasteiger partial charge is 0.493 e. The zero-order chi connectivity index (χ0) is 23.0. The molecule has 0 aliphatic carbocycles. The number of alkyl halides is 3. The minimum Gasteiger partial charge on any atom is -0.493 e. The van der Waals surface area contributed by atoms with Crippen LogP contribution < -0.4 is 9.47 Å². The van der Waals surface area contributed by atoms with Crippen LogP contribution in [0, 0.1) is 11.8 Å². The van der Waals surface area contributed by atoms with Gasteiger partial charge >= 0.3 is 12.3 Å². The minimum absolute atomic E-state index is 0.139. The van der Waals surface area contributed by atoms with Gasteiger partial charge in [0.2, 0.25) is 0 Å². The highest BCUT2D eigenvalue weighted by atomic mass is 19.4. The van der Waals surface area contributed by atoms with E-state index in [0.29, 0.717) is 37.4 Å². The molecule has 0 aliphatic rings. The van der Waals surface area contributed by atoms with E-state index in [1.54, 1.807) is 6.92 Å². The first kappa shape index (κ1) is 23.1. The van der Waals surface area contributed by atoms with Crippen molar-refractivity contribution in [2.24, 2.45) is 0 Å². The molecule has 168 valence electrons. The zero-order valence-electron chi connectivity index (χ0n) is 17.4. The Labute approximate surface area is 183 Å². The van der Waals surface area contributed by atoms with Gasteiger partial charge in [-0.2, -0.15) is 0 Å². The number of ether oxygens (including phenoxy) is 3. The molecule has 0 amide bonds. The first-order chi connectivity index (χ1) is 15.3. The molecule has 3 aromatic rings. The van der Waals surface area contributed by atoms with Crippen LogP contribution in [0.1, 0.15) is 25.3 Å². The molecule has 0 fully saturated rings. The SMILES string of the molecule is CCOC(=O)Cn1ccc2ccc(OCCCC#Cc3ccc(OC(F)(F)F)cc3)cc21. The van der Waals surface area contributed by atoms with Crippen molar-refractivity contribution in [2.45, 2.75) is 32.7 Å². The average Bonchev–Trinajstić information content (AvgIpc) is 3.13. The monoisotopic (exact) mass is 445 g/mol. The molecule has 0 aliphatic heterocycles. The van der Waals surface area contributed by atoms with Crippen LogP contribution in [0.25, 0.3) is 10.9 Å². The second-order valence-electron chi connectivity index (χ2n) is 6.80. The average molecular weight is 445 g/mol. The quantitative estimate of drug-likeness (QED) is 0.268. The van der Waals surface area contributed by atoms with E-state index in [2.05, 4.69) is 16.6 Å². The Hall–Kier alpha value is -3.60. The van der Waals surface area contributed by atoms with Crippen LogP contribution in [0.4, 0.5) is 13.2 Å². The molecule has 0 saturated heterocycles. The number of esters is 1. The first-order valence-electron chi connectivity index (χ1n) is 10.1. The molecule has 8 heteroatoms. The molecular formula is C24H22F3NO4. The number of halogens is 3. The lowest BCUT2D eigenvalue weighted by atomic mass is 10.2. The van der Waals surface area contributed by atoms with Gasteiger partial charge in [0.15, 0.2) is 0 Å². The van der Waals surface area contributed by atoms with Crippen LogP contribution in [-0.4, -0.2) is 30.1 Å². The summed E-state index contributed by atoms with van der Waals surface area (Å²) in [7, 11) is 0. The Bertz CT molecular complexity index is 1110. The molecule has 0 atom stereocenters. The Balaban J connectivity index is 1.47. The first-order valence-corrected chi connectivity index (χ1v) is 10.1. The Morgan fingerprint density at radius 1 is 1.06 bits per heavy atom. The number of unbranched alkanes of at least 4 members (excludes halogenated alkanes) is 1. The molecule has 0 unspecified atom stereocenters. The van der Waals surface area contributed by atoms with Crippen molar-refractivity contribution in [2.75, 3.05) is 13.2 Å². The molecule has 0 radical (unpaired) electrons. The lowest BCUT2D eigenvalue weighted by Crippen LogP contribution is -2.16. The van der Waals surface area contributed by atoms with E-state index in [1.165, 1.54) is 24.3 Å². The Morgan fingerprint density at radius 2 is 1.81 bits per heavy atom. The maximum Gasteiger partial charge on any atom is 0.573 e. The van der Waals surface area contributed by atoms with Gasteiger partial charge in [-0.05, 0) is 61.2 Å². The van der Waals surface area contributed by atoms with Crippen LogP contribution in [0.15, 0.2) is 54.7 Å². The number of rotatable bonds is 8. The van der Waals surface area contributed by atoms with Crippen LogP contribution >= 0.6 is 0 Å². The fourth-order valence-corrected chi connectivity index (χ4v) is 2.99. The Kier molecular flexibility index (Phi) is 7.66. The molecule has 2 aromatic carbocycles. The van der Waals surface area contributed by atoms with Crippen molar-refractivity contribution in [1.29, 1.82) is 0 Å². The molecule has 0 saturated carbocycles. The van der Waals surface area contributed by atoms with Gasteiger partial charge in [0.25, 0.3) is 0 Å². The predicted molar refractivity (Wildman–Crippen MR) is 113 cm³/mol. The van der Waals surface area contributed by atoms with E-state index < -0.39 is 6.36 Å². The molecular weight excluding hydrogens is 423 g/mol. The van der Waals surface area contributed by atoms with E-state index in [1.807, 2.05) is 35.0 Å². The molecule has 5 nitrogen and oxygen atoms in total. The van der Waals surface area contributed by atoms with Crippen molar-refractivity contribution in [3.63, 3.8) is 0 Å². The fourth-order valence-electron chi connectivity index (χ4n) is 2.99. The number of nitrogens with zero attached hydrogens (tertiary/aromatic N) is 1. The normalized spacial score (nSPS) is 11.0. The van der Waals surface area contributed by atoms with Crippen molar-refractivity contribution in [1.82, 2.24) is 4.57 Å². The third-order valence-corrected chi connectivity index (χ3v) is 4.39. The topological polar surface area (TPSA) is 49.7 Å². The summed E-state index contributed by atoms with van der Waals surface area (Å²) >= 11 is 0. The van der Waals surface area contributed by atoms with Crippen LogP contribution in [-0.2, 0) is 16.1 Å². The highest BCUT2D eigenvalue weighted by molar-refractivity contribution is 5.83. The van der Waals surface area contributed by atoms with E-state index in [4.69, 9.17) is 9.47 Å². The Morgan fingerprint density at radius 3 is 2.53 bits per heavy atom. The number of carbonyl (C=O) groups is 1. The summed E-state index contributed by atoms with van der Waals surface area (Å²) in [4.78, 5) is 11.7. The van der Waals surface area contributed by atoms with Crippen molar-refractivity contribution < 1.29 is 32.2 Å². The minimum atomic E-state index is -4.71. The molecule has 0 bridgehead atoms. The lowest BCUT2D eigenvalue weighted by Gasteiger charge is -2.08. The molecule has 32 heavy (non-hydrogen) atoms. The summed E-state index contributed by atoms with van der Waals surface area (Å²) in [6.45, 7) is 2.70. The molecule has 0 spiro atoms. The highest BCUT2D eigenvalue weighted by Crippen LogP contribution is 2.23. The van der Waals surface area contributed by atoms with Gasteiger partial charge in [0.05, 0.1) is 18.7 Å². The van der Waals surface area contributed by atoms with Gasteiger partial charge in [0, 0.05) is 24.2 Å². The largest absolute Gasteiger partial charge is 0.573 e. The van der Waals surface area contributed by atoms with E-state index >= 15 is 0 Å². The summed E-state index contributed by atoms with van der Waals surface area (Å²) in [6, 6.07) is 13.0. The van der Waals surface area contributed by atoms with Gasteiger partial charge in [-0.25, -0.2) is 0 Å². The second kappa shape index (κ2) is 10.6. The van der Waals surface area contributed by atoms with Crippen molar-refractivity contribution in [3.8, 4) is 23.3 Å². The van der Waals surface area contributed by atoms with Crippen LogP contribution in [0.5, 0.6) is 11.5 Å².